The Morgan fingerprint density at radius 1 is 1.37 bits per heavy atom. The van der Waals surface area contributed by atoms with Gasteiger partial charge in [0.25, 0.3) is 0 Å². The van der Waals surface area contributed by atoms with Crippen LogP contribution in [0.4, 0.5) is 0 Å². The summed E-state index contributed by atoms with van der Waals surface area (Å²) in [5.41, 5.74) is 6.78. The predicted octanol–water partition coefficient (Wildman–Crippen LogP) is 1.11. The Morgan fingerprint density at radius 2 is 2.16 bits per heavy atom. The molecule has 0 amide bonds. The highest BCUT2D eigenvalue weighted by atomic mass is 16.6. The number of nitrogens with zero attached hydrogens (tertiary/aromatic N) is 1. The smallest absolute Gasteiger partial charge is 0.166 e. The number of ether oxygens (including phenoxy) is 2. The summed E-state index contributed by atoms with van der Waals surface area (Å²) in [5.74, 6) is 2.14. The normalized spacial score (nSPS) is 26.6. The zero-order valence-electron chi connectivity index (χ0n) is 11.1. The van der Waals surface area contributed by atoms with Gasteiger partial charge >= 0.3 is 0 Å². The summed E-state index contributed by atoms with van der Waals surface area (Å²) in [6, 6.07) is 3.64. The molecule has 5 heteroatoms. The SMILES string of the molecule is CN1CC(CN)CC1c1cc(O)cc2c1OCCO2. The molecule has 2 unspecified atom stereocenters. The van der Waals surface area contributed by atoms with Crippen molar-refractivity contribution in [2.24, 2.45) is 11.7 Å². The Hall–Kier alpha value is -1.46. The van der Waals surface area contributed by atoms with E-state index in [9.17, 15) is 5.11 Å². The van der Waals surface area contributed by atoms with E-state index in [0.29, 0.717) is 31.4 Å². The lowest BCUT2D eigenvalue weighted by Gasteiger charge is -2.26. The summed E-state index contributed by atoms with van der Waals surface area (Å²) in [6.45, 7) is 2.76. The Morgan fingerprint density at radius 3 is 2.89 bits per heavy atom. The van der Waals surface area contributed by atoms with E-state index < -0.39 is 0 Å². The molecule has 19 heavy (non-hydrogen) atoms. The second kappa shape index (κ2) is 4.90. The summed E-state index contributed by atoms with van der Waals surface area (Å²) in [6.07, 6.45) is 0.992. The maximum atomic E-state index is 9.86. The quantitative estimate of drug-likeness (QED) is 0.837. The van der Waals surface area contributed by atoms with Crippen LogP contribution in [-0.4, -0.2) is 43.4 Å². The molecule has 3 N–H and O–H groups in total. The lowest BCUT2D eigenvalue weighted by molar-refractivity contribution is 0.165. The van der Waals surface area contributed by atoms with Crippen LogP contribution in [0.15, 0.2) is 12.1 Å². The third kappa shape index (κ3) is 2.24. The number of likely N-dealkylation sites (tertiary alicyclic amines) is 1. The lowest BCUT2D eigenvalue weighted by Crippen LogP contribution is -2.22. The van der Waals surface area contributed by atoms with Crippen molar-refractivity contribution in [2.75, 3.05) is 33.4 Å². The van der Waals surface area contributed by atoms with Crippen LogP contribution in [0.1, 0.15) is 18.0 Å². The van der Waals surface area contributed by atoms with Crippen LogP contribution in [-0.2, 0) is 0 Å². The van der Waals surface area contributed by atoms with Crippen LogP contribution in [0.3, 0.4) is 0 Å². The van der Waals surface area contributed by atoms with E-state index in [1.165, 1.54) is 0 Å². The molecule has 0 aliphatic carbocycles. The first-order valence-corrected chi connectivity index (χ1v) is 6.72. The molecule has 1 fully saturated rings. The molecule has 5 nitrogen and oxygen atoms in total. The molecule has 2 aliphatic rings. The van der Waals surface area contributed by atoms with Crippen LogP contribution >= 0.6 is 0 Å². The summed E-state index contributed by atoms with van der Waals surface area (Å²) in [7, 11) is 2.08. The minimum Gasteiger partial charge on any atom is -0.508 e. The van der Waals surface area contributed by atoms with Crippen molar-refractivity contribution >= 4 is 0 Å². The molecule has 1 saturated heterocycles. The number of aromatic hydroxyl groups is 1. The van der Waals surface area contributed by atoms with Crippen molar-refractivity contribution in [1.29, 1.82) is 0 Å². The second-order valence-corrected chi connectivity index (χ2v) is 5.35. The van der Waals surface area contributed by atoms with Gasteiger partial charge in [-0.2, -0.15) is 0 Å². The molecular formula is C14H20N2O3. The Kier molecular flexibility index (Phi) is 3.24. The van der Waals surface area contributed by atoms with Crippen molar-refractivity contribution in [1.82, 2.24) is 4.90 Å². The van der Waals surface area contributed by atoms with Crippen LogP contribution < -0.4 is 15.2 Å². The minimum absolute atomic E-state index is 0.226. The number of hydrogen-bond donors (Lipinski definition) is 2. The van der Waals surface area contributed by atoms with Gasteiger partial charge in [0.05, 0.1) is 0 Å². The number of phenols is 1. The van der Waals surface area contributed by atoms with Gasteiger partial charge in [-0.3, -0.25) is 4.90 Å². The topological polar surface area (TPSA) is 68.0 Å². The Bertz CT molecular complexity index is 478. The van der Waals surface area contributed by atoms with Gasteiger partial charge < -0.3 is 20.3 Å². The van der Waals surface area contributed by atoms with Crippen molar-refractivity contribution in [2.45, 2.75) is 12.5 Å². The molecule has 0 saturated carbocycles. The van der Waals surface area contributed by atoms with E-state index >= 15 is 0 Å². The van der Waals surface area contributed by atoms with E-state index in [1.54, 1.807) is 12.1 Å². The largest absolute Gasteiger partial charge is 0.508 e. The summed E-state index contributed by atoms with van der Waals surface area (Å²) in [4.78, 5) is 2.27. The summed E-state index contributed by atoms with van der Waals surface area (Å²) < 4.78 is 11.3. The molecule has 0 radical (unpaired) electrons. The first kappa shape index (κ1) is 12.6. The van der Waals surface area contributed by atoms with Crippen molar-refractivity contribution in [3.05, 3.63) is 17.7 Å². The van der Waals surface area contributed by atoms with E-state index in [0.717, 1.165) is 24.3 Å². The molecular weight excluding hydrogens is 244 g/mol. The highest BCUT2D eigenvalue weighted by molar-refractivity contribution is 5.53. The zero-order chi connectivity index (χ0) is 13.4. The fourth-order valence-electron chi connectivity index (χ4n) is 3.05. The summed E-state index contributed by atoms with van der Waals surface area (Å²) in [5, 5.41) is 9.86. The number of fused-ring (bicyclic) bond motifs is 1. The molecule has 2 atom stereocenters. The predicted molar refractivity (Wildman–Crippen MR) is 71.6 cm³/mol. The zero-order valence-corrected chi connectivity index (χ0v) is 11.1. The number of rotatable bonds is 2. The molecule has 0 bridgehead atoms. The Balaban J connectivity index is 1.98. The van der Waals surface area contributed by atoms with Crippen LogP contribution in [0, 0.1) is 5.92 Å². The highest BCUT2D eigenvalue weighted by Gasteiger charge is 2.33. The van der Waals surface area contributed by atoms with Gasteiger partial charge in [0, 0.05) is 24.2 Å². The van der Waals surface area contributed by atoms with Gasteiger partial charge in [-0.05, 0) is 32.0 Å². The molecule has 3 rings (SSSR count). The average molecular weight is 264 g/mol. The van der Waals surface area contributed by atoms with Gasteiger partial charge in [-0.25, -0.2) is 0 Å². The first-order chi connectivity index (χ1) is 9.19. The third-order valence-electron chi connectivity index (χ3n) is 3.98. The monoisotopic (exact) mass is 264 g/mol. The first-order valence-electron chi connectivity index (χ1n) is 6.72. The van der Waals surface area contributed by atoms with Gasteiger partial charge in [0.1, 0.15) is 19.0 Å². The number of hydrogen-bond acceptors (Lipinski definition) is 5. The standard InChI is InChI=1S/C14H20N2O3/c1-16-8-9(7-15)4-12(16)11-5-10(17)6-13-14(11)19-3-2-18-13/h5-6,9,12,17H,2-4,7-8,15H2,1H3. The minimum atomic E-state index is 0.226. The molecule has 104 valence electrons. The lowest BCUT2D eigenvalue weighted by atomic mass is 9.98. The Labute approximate surface area is 112 Å². The van der Waals surface area contributed by atoms with Gasteiger partial charge in [-0.1, -0.05) is 0 Å². The van der Waals surface area contributed by atoms with Crippen molar-refractivity contribution < 1.29 is 14.6 Å². The van der Waals surface area contributed by atoms with Gasteiger partial charge in [0.15, 0.2) is 11.5 Å². The van der Waals surface area contributed by atoms with Crippen LogP contribution in [0.25, 0.3) is 0 Å². The fraction of sp³-hybridized carbons (Fsp3) is 0.571. The van der Waals surface area contributed by atoms with Gasteiger partial charge in [-0.15, -0.1) is 0 Å². The molecule has 1 aromatic carbocycles. The number of benzene rings is 1. The molecule has 2 aliphatic heterocycles. The second-order valence-electron chi connectivity index (χ2n) is 5.35. The molecule has 0 spiro atoms. The molecule has 1 aromatic rings. The third-order valence-corrected chi connectivity index (χ3v) is 3.98. The van der Waals surface area contributed by atoms with E-state index in [1.807, 2.05) is 0 Å². The van der Waals surface area contributed by atoms with Crippen LogP contribution in [0.5, 0.6) is 17.2 Å². The summed E-state index contributed by atoms with van der Waals surface area (Å²) >= 11 is 0. The fourth-order valence-corrected chi connectivity index (χ4v) is 3.05. The molecule has 0 aromatic heterocycles. The number of phenolic OH excluding ortho intramolecular Hbond substituents is 1. The maximum absolute atomic E-state index is 9.86. The van der Waals surface area contributed by atoms with E-state index in [4.69, 9.17) is 15.2 Å². The van der Waals surface area contributed by atoms with Crippen molar-refractivity contribution in [3.63, 3.8) is 0 Å². The van der Waals surface area contributed by atoms with Gasteiger partial charge in [0.2, 0.25) is 0 Å². The van der Waals surface area contributed by atoms with E-state index in [2.05, 4.69) is 11.9 Å². The maximum Gasteiger partial charge on any atom is 0.166 e. The highest BCUT2D eigenvalue weighted by Crippen LogP contribution is 2.45. The van der Waals surface area contributed by atoms with Crippen molar-refractivity contribution in [3.8, 4) is 17.2 Å². The number of nitrogens with two attached hydrogens (primary N) is 1. The average Bonchev–Trinajstić information content (AvgIpc) is 2.79. The van der Waals surface area contributed by atoms with Crippen LogP contribution in [0.2, 0.25) is 0 Å². The van der Waals surface area contributed by atoms with E-state index in [-0.39, 0.29) is 11.8 Å². The molecule has 2 heterocycles.